The number of nitrogens with zero attached hydrogens (tertiary/aromatic N) is 1. The highest BCUT2D eigenvalue weighted by Gasteiger charge is 2.59. The van der Waals surface area contributed by atoms with Crippen molar-refractivity contribution in [2.24, 2.45) is 10.8 Å². The van der Waals surface area contributed by atoms with Crippen LogP contribution in [0.3, 0.4) is 0 Å². The molecule has 21 heavy (non-hydrogen) atoms. The lowest BCUT2D eigenvalue weighted by Crippen LogP contribution is -2.47. The van der Waals surface area contributed by atoms with Crippen LogP contribution in [0.1, 0.15) is 39.5 Å². The Bertz CT molecular complexity index is 464. The summed E-state index contributed by atoms with van der Waals surface area (Å²) < 4.78 is 4.76. The van der Waals surface area contributed by atoms with E-state index >= 15 is 0 Å². The molecule has 2 rings (SSSR count). The molecule has 0 spiro atoms. The highest BCUT2D eigenvalue weighted by molar-refractivity contribution is 6.08. The third-order valence-corrected chi connectivity index (χ3v) is 4.75. The fourth-order valence-corrected chi connectivity index (χ4v) is 2.47. The largest absolute Gasteiger partial charge is 0.469 e. The number of carbonyl (C=O) groups is 3. The van der Waals surface area contributed by atoms with Crippen LogP contribution < -0.4 is 5.32 Å². The van der Waals surface area contributed by atoms with Crippen molar-refractivity contribution in [3.63, 3.8) is 0 Å². The predicted molar refractivity (Wildman–Crippen MR) is 76.3 cm³/mol. The maximum Gasteiger partial charge on any atom is 0.313 e. The van der Waals surface area contributed by atoms with Crippen molar-refractivity contribution < 1.29 is 19.1 Å². The van der Waals surface area contributed by atoms with Gasteiger partial charge < -0.3 is 15.0 Å². The van der Waals surface area contributed by atoms with Gasteiger partial charge in [-0.1, -0.05) is 0 Å². The van der Waals surface area contributed by atoms with Crippen LogP contribution in [0.4, 0.5) is 0 Å². The topological polar surface area (TPSA) is 75.7 Å². The van der Waals surface area contributed by atoms with Crippen molar-refractivity contribution in [1.29, 1.82) is 0 Å². The SMILES string of the molecule is COC(=O)C1(CNC(=O)C2(C(=O)N(C)C(C)C)CC2)CC1. The Morgan fingerprint density at radius 1 is 1.19 bits per heavy atom. The Morgan fingerprint density at radius 3 is 2.14 bits per heavy atom. The molecule has 0 bridgehead atoms. The second-order valence-electron chi connectivity index (χ2n) is 6.55. The van der Waals surface area contributed by atoms with Gasteiger partial charge in [0.05, 0.1) is 12.5 Å². The van der Waals surface area contributed by atoms with Crippen molar-refractivity contribution in [3.05, 3.63) is 0 Å². The van der Waals surface area contributed by atoms with E-state index < -0.39 is 10.8 Å². The summed E-state index contributed by atoms with van der Waals surface area (Å²) in [6, 6.07) is 0.0626. The van der Waals surface area contributed by atoms with Gasteiger partial charge in [-0.25, -0.2) is 0 Å². The van der Waals surface area contributed by atoms with E-state index in [-0.39, 0.29) is 30.4 Å². The van der Waals surface area contributed by atoms with Crippen molar-refractivity contribution in [1.82, 2.24) is 10.2 Å². The van der Waals surface area contributed by atoms with Crippen LogP contribution in [-0.4, -0.2) is 49.4 Å². The molecule has 0 aliphatic heterocycles. The number of nitrogens with one attached hydrogen (secondary N) is 1. The molecular formula is C15H24N2O4. The number of carbonyl (C=O) groups excluding carboxylic acids is 3. The monoisotopic (exact) mass is 296 g/mol. The first-order chi connectivity index (χ1) is 9.79. The van der Waals surface area contributed by atoms with Gasteiger partial charge in [-0.3, -0.25) is 14.4 Å². The molecule has 0 heterocycles. The van der Waals surface area contributed by atoms with E-state index in [4.69, 9.17) is 4.74 Å². The molecule has 118 valence electrons. The maximum absolute atomic E-state index is 12.4. The zero-order valence-corrected chi connectivity index (χ0v) is 13.2. The molecule has 6 nitrogen and oxygen atoms in total. The van der Waals surface area contributed by atoms with Gasteiger partial charge in [-0.2, -0.15) is 0 Å². The molecule has 1 N–H and O–H groups in total. The number of ether oxygens (including phenoxy) is 1. The molecule has 0 radical (unpaired) electrons. The molecule has 0 aromatic rings. The molecule has 6 heteroatoms. The fraction of sp³-hybridized carbons (Fsp3) is 0.800. The number of methoxy groups -OCH3 is 1. The maximum atomic E-state index is 12.4. The van der Waals surface area contributed by atoms with E-state index in [1.807, 2.05) is 13.8 Å². The van der Waals surface area contributed by atoms with Crippen LogP contribution >= 0.6 is 0 Å². The molecule has 2 fully saturated rings. The summed E-state index contributed by atoms with van der Waals surface area (Å²) >= 11 is 0. The number of hydrogen-bond acceptors (Lipinski definition) is 4. The summed E-state index contributed by atoms with van der Waals surface area (Å²) in [4.78, 5) is 38.1. The summed E-state index contributed by atoms with van der Waals surface area (Å²) in [5.41, 5.74) is -1.47. The van der Waals surface area contributed by atoms with Crippen LogP contribution in [0.15, 0.2) is 0 Å². The molecule has 0 atom stereocenters. The summed E-state index contributed by atoms with van der Waals surface area (Å²) in [6.45, 7) is 4.10. The van der Waals surface area contributed by atoms with Crippen molar-refractivity contribution in [2.75, 3.05) is 20.7 Å². The van der Waals surface area contributed by atoms with Gasteiger partial charge >= 0.3 is 5.97 Å². The van der Waals surface area contributed by atoms with Crippen molar-refractivity contribution in [2.45, 2.75) is 45.6 Å². The Kier molecular flexibility index (Phi) is 4.00. The molecule has 2 amide bonds. The fourth-order valence-electron chi connectivity index (χ4n) is 2.47. The zero-order valence-electron chi connectivity index (χ0n) is 13.2. The lowest BCUT2D eigenvalue weighted by molar-refractivity contribution is -0.147. The third kappa shape index (κ3) is 2.76. The van der Waals surface area contributed by atoms with E-state index in [0.717, 1.165) is 12.8 Å². The first-order valence-electron chi connectivity index (χ1n) is 7.43. The van der Waals surface area contributed by atoms with Gasteiger partial charge in [0.15, 0.2) is 0 Å². The molecular weight excluding hydrogens is 272 g/mol. The minimum atomic E-state index is -0.911. The van der Waals surface area contributed by atoms with Gasteiger partial charge in [0.1, 0.15) is 5.41 Å². The number of esters is 1. The molecule has 2 aliphatic rings. The van der Waals surface area contributed by atoms with Gasteiger partial charge in [0.25, 0.3) is 0 Å². The second kappa shape index (κ2) is 5.31. The van der Waals surface area contributed by atoms with E-state index in [1.165, 1.54) is 7.11 Å². The average Bonchev–Trinajstić information content (AvgIpc) is 3.36. The summed E-state index contributed by atoms with van der Waals surface area (Å²) in [5, 5.41) is 2.79. The smallest absolute Gasteiger partial charge is 0.313 e. The second-order valence-corrected chi connectivity index (χ2v) is 6.55. The number of rotatable bonds is 6. The van der Waals surface area contributed by atoms with E-state index in [1.54, 1.807) is 11.9 Å². The molecule has 0 aromatic carbocycles. The molecule has 2 aliphatic carbocycles. The standard InChI is InChI=1S/C15H24N2O4/c1-10(2)17(3)12(19)15(7-8-15)11(18)16-9-14(5-6-14)13(20)21-4/h10H,5-9H2,1-4H3,(H,16,18). The first-order valence-corrected chi connectivity index (χ1v) is 7.43. The zero-order chi connectivity index (χ0) is 15.8. The Balaban J connectivity index is 1.95. The Labute approximate surface area is 125 Å². The van der Waals surface area contributed by atoms with Crippen LogP contribution in [-0.2, 0) is 19.1 Å². The number of amides is 2. The summed E-state index contributed by atoms with van der Waals surface area (Å²) in [6.07, 6.45) is 2.62. The highest BCUT2D eigenvalue weighted by Crippen LogP contribution is 2.49. The summed E-state index contributed by atoms with van der Waals surface area (Å²) in [7, 11) is 3.07. The van der Waals surface area contributed by atoms with Gasteiger partial charge in [-0.05, 0) is 39.5 Å². The van der Waals surface area contributed by atoms with E-state index in [0.29, 0.717) is 12.8 Å². The highest BCUT2D eigenvalue weighted by atomic mass is 16.5. The van der Waals surface area contributed by atoms with Gasteiger partial charge in [0.2, 0.25) is 11.8 Å². The van der Waals surface area contributed by atoms with Gasteiger partial charge in [-0.15, -0.1) is 0 Å². The minimum Gasteiger partial charge on any atom is -0.469 e. The molecule has 0 aromatic heterocycles. The minimum absolute atomic E-state index is 0.0626. The lowest BCUT2D eigenvalue weighted by atomic mass is 10.0. The van der Waals surface area contributed by atoms with Crippen LogP contribution in [0.5, 0.6) is 0 Å². The first kappa shape index (κ1) is 15.8. The van der Waals surface area contributed by atoms with Crippen LogP contribution in [0, 0.1) is 10.8 Å². The Hall–Kier alpha value is -1.59. The van der Waals surface area contributed by atoms with Crippen molar-refractivity contribution >= 4 is 17.8 Å². The van der Waals surface area contributed by atoms with Crippen LogP contribution in [0.25, 0.3) is 0 Å². The predicted octanol–water partition coefficient (Wildman–Crippen LogP) is 0.703. The van der Waals surface area contributed by atoms with E-state index in [2.05, 4.69) is 5.32 Å². The molecule has 0 saturated heterocycles. The summed E-state index contributed by atoms with van der Waals surface area (Å²) in [5.74, 6) is -0.661. The quantitative estimate of drug-likeness (QED) is 0.578. The van der Waals surface area contributed by atoms with Crippen molar-refractivity contribution in [3.8, 4) is 0 Å². The van der Waals surface area contributed by atoms with Gasteiger partial charge in [0, 0.05) is 19.6 Å². The third-order valence-electron chi connectivity index (χ3n) is 4.75. The molecule has 0 unspecified atom stereocenters. The normalized spacial score (nSPS) is 20.6. The Morgan fingerprint density at radius 2 is 1.76 bits per heavy atom. The lowest BCUT2D eigenvalue weighted by Gasteiger charge is -2.26. The number of hydrogen-bond donors (Lipinski definition) is 1. The van der Waals surface area contributed by atoms with Crippen LogP contribution in [0.2, 0.25) is 0 Å². The van der Waals surface area contributed by atoms with E-state index in [9.17, 15) is 14.4 Å². The average molecular weight is 296 g/mol. The molecule has 2 saturated carbocycles.